The molecule has 0 radical (unpaired) electrons. The Morgan fingerprint density at radius 2 is 1.92 bits per heavy atom. The number of nitrogens with one attached hydrogen (secondary N) is 1. The second-order valence-corrected chi connectivity index (χ2v) is 19.4. The van der Waals surface area contributed by atoms with Crippen LogP contribution in [0.2, 0.25) is 0 Å². The van der Waals surface area contributed by atoms with Gasteiger partial charge in [-0.15, -0.1) is 23.1 Å². The molecule has 1 aromatic carbocycles. The smallest absolute Gasteiger partial charge is 0.409 e. The minimum absolute atomic E-state index is 0.00860. The van der Waals surface area contributed by atoms with Crippen LogP contribution in [-0.4, -0.2) is 105 Å². The van der Waals surface area contributed by atoms with Crippen LogP contribution in [0.15, 0.2) is 41.9 Å². The number of carbonyl (C=O) groups excluding carboxylic acids is 4. The van der Waals surface area contributed by atoms with Gasteiger partial charge >= 0.3 is 12.1 Å². The molecule has 3 saturated heterocycles. The zero-order valence-corrected chi connectivity index (χ0v) is 36.4. The van der Waals surface area contributed by atoms with E-state index in [2.05, 4.69) is 55.0 Å². The Hall–Kier alpha value is -4.31. The SMILES string of the molecule is CCn1c(-c2cccnc2[C@H](C)OC)c2c3cc(ccc31)-c1csc(n1)CC1(SCC1C(=O)[C@@H]1CCCN(C(=O)OC)C1)C(=O)N1CCC[C@H](N1)C(=O)OCC(C)(C)C2. The number of likely N-dealkylation sites (tertiary alicyclic amines) is 1. The number of nitrogens with zero attached hydrogens (tertiary/aromatic N) is 5. The number of Topliss-reactive ketones (excluding diaryl/α,β-unsaturated/α-hetero) is 1. The monoisotopic (exact) mass is 842 g/mol. The highest BCUT2D eigenvalue weighted by atomic mass is 32.2. The molecule has 314 valence electrons. The van der Waals surface area contributed by atoms with E-state index in [0.29, 0.717) is 50.9 Å². The molecular formula is C44H54N6O7S2. The predicted octanol–water partition coefficient (Wildman–Crippen LogP) is 6.87. The number of piperidine rings is 1. The average Bonchev–Trinajstić information content (AvgIpc) is 3.84. The maximum Gasteiger partial charge on any atom is 0.409 e. The fraction of sp³-hybridized carbons (Fsp3) is 0.545. The highest BCUT2D eigenvalue weighted by Crippen LogP contribution is 2.52. The van der Waals surface area contributed by atoms with Crippen LogP contribution in [0.3, 0.4) is 0 Å². The van der Waals surface area contributed by atoms with E-state index in [4.69, 9.17) is 24.2 Å². The second kappa shape index (κ2) is 16.6. The molecule has 5 atom stereocenters. The van der Waals surface area contributed by atoms with E-state index in [9.17, 15) is 19.2 Å². The van der Waals surface area contributed by atoms with Crippen LogP contribution in [0.5, 0.6) is 0 Å². The van der Waals surface area contributed by atoms with Gasteiger partial charge in [0.25, 0.3) is 5.91 Å². The van der Waals surface area contributed by atoms with Gasteiger partial charge in [-0.1, -0.05) is 19.9 Å². The fourth-order valence-electron chi connectivity index (χ4n) is 9.36. The highest BCUT2D eigenvalue weighted by Gasteiger charge is 2.60. The van der Waals surface area contributed by atoms with E-state index in [-0.39, 0.29) is 37.4 Å². The molecular weight excluding hydrogens is 789 g/mol. The van der Waals surface area contributed by atoms with Crippen molar-refractivity contribution in [3.8, 4) is 22.5 Å². The number of esters is 1. The quantitative estimate of drug-likeness (QED) is 0.203. The molecule has 2 unspecified atom stereocenters. The molecule has 1 N–H and O–H groups in total. The number of ether oxygens (including phenoxy) is 3. The molecule has 3 aromatic heterocycles. The summed E-state index contributed by atoms with van der Waals surface area (Å²) in [7, 11) is 3.04. The van der Waals surface area contributed by atoms with Crippen LogP contribution < -0.4 is 5.43 Å². The van der Waals surface area contributed by atoms with Gasteiger partial charge in [-0.3, -0.25) is 24.4 Å². The zero-order chi connectivity index (χ0) is 41.6. The number of benzene rings is 1. The standard InChI is InChI=1S/C44H54N6O7S2/c1-7-49-35-15-14-27-19-30(35)31(38(49)29-12-8-16-45-37(29)26(2)55-5)20-43(3,4)25-57-40(52)33-13-10-18-50(47-33)41(53)44(21-36-46-34(27)24-58-36)32(23-59-44)39(51)28-11-9-17-48(22-28)42(54)56-6/h8,12,14-16,19,24,26,28,32-33,47H,7,9-11,13,17-18,20-23,25H2,1-6H3/t26-,28+,32?,33-,44?/m0/s1. The fourth-order valence-corrected chi connectivity index (χ4v) is 11.8. The van der Waals surface area contributed by atoms with Gasteiger partial charge in [0, 0.05) is 90.4 Å². The maximum atomic E-state index is 14.9. The lowest BCUT2D eigenvalue weighted by Gasteiger charge is -2.50. The van der Waals surface area contributed by atoms with Crippen molar-refractivity contribution in [3.05, 3.63) is 58.2 Å². The van der Waals surface area contributed by atoms with Gasteiger partial charge in [-0.25, -0.2) is 15.2 Å². The number of aromatic nitrogens is 3. The number of thiazole rings is 1. The number of amides is 2. The summed E-state index contributed by atoms with van der Waals surface area (Å²) in [6.07, 6.45) is 4.43. The minimum Gasteiger partial charge on any atom is -0.464 e. The van der Waals surface area contributed by atoms with Crippen LogP contribution in [0.25, 0.3) is 33.4 Å². The highest BCUT2D eigenvalue weighted by molar-refractivity contribution is 8.03. The Balaban J connectivity index is 1.23. The van der Waals surface area contributed by atoms with Crippen molar-refractivity contribution >= 4 is 57.8 Å². The zero-order valence-electron chi connectivity index (χ0n) is 34.7. The van der Waals surface area contributed by atoms with Crippen LogP contribution in [-0.2, 0) is 48.0 Å². The van der Waals surface area contributed by atoms with Crippen molar-refractivity contribution in [2.24, 2.45) is 17.3 Å². The number of methoxy groups -OCH3 is 2. The number of pyridine rings is 1. The first kappa shape index (κ1) is 41.4. The van der Waals surface area contributed by atoms with Gasteiger partial charge in [-0.2, -0.15) is 0 Å². The largest absolute Gasteiger partial charge is 0.464 e. The topological polar surface area (TPSA) is 145 Å². The van der Waals surface area contributed by atoms with Crippen molar-refractivity contribution in [1.82, 2.24) is 29.9 Å². The first-order valence-electron chi connectivity index (χ1n) is 20.7. The third-order valence-corrected chi connectivity index (χ3v) is 15.1. The molecule has 0 saturated carbocycles. The molecule has 1 spiro atoms. The van der Waals surface area contributed by atoms with Crippen molar-refractivity contribution in [3.63, 3.8) is 0 Å². The molecule has 4 aromatic rings. The van der Waals surface area contributed by atoms with Gasteiger partial charge in [-0.05, 0) is 75.8 Å². The van der Waals surface area contributed by atoms with Gasteiger partial charge < -0.3 is 23.7 Å². The van der Waals surface area contributed by atoms with E-state index < -0.39 is 40.1 Å². The average molecular weight is 843 g/mol. The van der Waals surface area contributed by atoms with Crippen molar-refractivity contribution in [2.75, 3.05) is 46.2 Å². The Kier molecular flexibility index (Phi) is 11.7. The molecule has 13 nitrogen and oxygen atoms in total. The summed E-state index contributed by atoms with van der Waals surface area (Å²) < 4.78 is 18.1. The summed E-state index contributed by atoms with van der Waals surface area (Å²) in [5, 5.41) is 5.44. The van der Waals surface area contributed by atoms with Crippen molar-refractivity contribution in [2.45, 2.75) is 89.7 Å². The molecule has 3 fully saturated rings. The summed E-state index contributed by atoms with van der Waals surface area (Å²) in [6.45, 7) is 10.5. The molecule has 4 aliphatic heterocycles. The van der Waals surface area contributed by atoms with E-state index in [1.165, 1.54) is 30.2 Å². The van der Waals surface area contributed by atoms with Gasteiger partial charge in [0.15, 0.2) is 0 Å². The van der Waals surface area contributed by atoms with E-state index in [1.54, 1.807) is 23.2 Å². The molecule has 59 heavy (non-hydrogen) atoms. The predicted molar refractivity (Wildman–Crippen MR) is 228 cm³/mol. The minimum atomic E-state index is -1.13. The first-order chi connectivity index (χ1) is 28.4. The first-order valence-corrected chi connectivity index (χ1v) is 22.6. The normalized spacial score (nSPS) is 25.3. The number of carbonyl (C=O) groups is 4. The van der Waals surface area contributed by atoms with E-state index in [0.717, 1.165) is 56.2 Å². The van der Waals surface area contributed by atoms with E-state index >= 15 is 0 Å². The summed E-state index contributed by atoms with van der Waals surface area (Å²) in [5.41, 5.74) is 9.64. The molecule has 2 amide bonds. The Morgan fingerprint density at radius 1 is 1.10 bits per heavy atom. The Morgan fingerprint density at radius 3 is 2.66 bits per heavy atom. The molecule has 8 rings (SSSR count). The van der Waals surface area contributed by atoms with Crippen LogP contribution in [0.1, 0.15) is 75.7 Å². The van der Waals surface area contributed by atoms with Crippen LogP contribution in [0, 0.1) is 17.3 Å². The van der Waals surface area contributed by atoms with Crippen molar-refractivity contribution < 1.29 is 33.4 Å². The molecule has 4 aliphatic rings. The van der Waals surface area contributed by atoms with Gasteiger partial charge in [0.05, 0.1) is 47.8 Å². The van der Waals surface area contributed by atoms with Crippen molar-refractivity contribution in [1.29, 1.82) is 0 Å². The lowest BCUT2D eigenvalue weighted by atomic mass is 9.77. The summed E-state index contributed by atoms with van der Waals surface area (Å²) in [6, 6.07) is 9.83. The third-order valence-electron chi connectivity index (χ3n) is 12.6. The molecule has 7 heterocycles. The van der Waals surface area contributed by atoms with E-state index in [1.807, 2.05) is 18.4 Å². The summed E-state index contributed by atoms with van der Waals surface area (Å²) >= 11 is 2.98. The third kappa shape index (κ3) is 7.68. The maximum absolute atomic E-state index is 14.9. The molecule has 6 bridgehead atoms. The number of fused-ring (bicyclic) bond motifs is 6. The lowest BCUT2D eigenvalue weighted by Crippen LogP contribution is -2.67. The Labute approximate surface area is 353 Å². The number of hydrogen-bond donors (Lipinski definition) is 1. The summed E-state index contributed by atoms with van der Waals surface area (Å²) in [4.78, 5) is 67.3. The number of hydrogen-bond acceptors (Lipinski definition) is 12. The summed E-state index contributed by atoms with van der Waals surface area (Å²) in [5.74, 6) is -1.13. The second-order valence-electron chi connectivity index (χ2n) is 17.1. The number of cyclic esters (lactones) is 1. The van der Waals surface area contributed by atoms with Gasteiger partial charge in [0.1, 0.15) is 16.6 Å². The number of thioether (sulfide) groups is 1. The molecule has 0 aliphatic carbocycles. The Bertz CT molecular complexity index is 2270. The van der Waals surface area contributed by atoms with Crippen LogP contribution >= 0.6 is 23.1 Å². The molecule has 15 heteroatoms. The lowest BCUT2D eigenvalue weighted by molar-refractivity contribution is -0.156. The number of ketones is 1. The number of aryl methyl sites for hydroxylation is 1. The number of hydrazine groups is 1. The van der Waals surface area contributed by atoms with Crippen LogP contribution in [0.4, 0.5) is 4.79 Å². The van der Waals surface area contributed by atoms with Gasteiger partial charge in [0.2, 0.25) is 0 Å². The number of rotatable bonds is 6.